The Bertz CT molecular complexity index is 3420. The molecule has 8 aromatic rings. The summed E-state index contributed by atoms with van der Waals surface area (Å²) in [5.74, 6) is 0. The van der Waals surface area contributed by atoms with Gasteiger partial charge in [0.15, 0.2) is 0 Å². The van der Waals surface area contributed by atoms with E-state index in [1.54, 1.807) is 102 Å². The average Bonchev–Trinajstić information content (AvgIpc) is 3.70. The Morgan fingerprint density at radius 3 is 1.95 bits per heavy atom. The number of pyridine rings is 3. The van der Waals surface area contributed by atoms with E-state index in [2.05, 4.69) is 27.1 Å². The monoisotopic (exact) mass is 1010 g/mol. The third kappa shape index (κ3) is 11.4. The molecule has 0 spiro atoms. The van der Waals surface area contributed by atoms with Crippen LogP contribution in [0.2, 0.25) is 0 Å². The zero-order chi connectivity index (χ0) is 56.6. The van der Waals surface area contributed by atoms with Gasteiger partial charge in [-0.2, -0.15) is 0 Å². The van der Waals surface area contributed by atoms with E-state index >= 15 is 0 Å². The predicted octanol–water partition coefficient (Wildman–Crippen LogP) is 15.4. The Labute approximate surface area is 405 Å². The summed E-state index contributed by atoms with van der Waals surface area (Å²) in [4.78, 5) is 13.2. The van der Waals surface area contributed by atoms with Gasteiger partial charge in [-0.1, -0.05) is 152 Å². The molecule has 62 heavy (non-hydrogen) atoms. The van der Waals surface area contributed by atoms with E-state index in [9.17, 15) is 0 Å². The number of hydrogen-bond donors (Lipinski definition) is 0. The first-order valence-corrected chi connectivity index (χ1v) is 20.3. The smallest absolute Gasteiger partial charge is 0.216 e. The zero-order valence-electron chi connectivity index (χ0n) is 51.6. The minimum Gasteiger partial charge on any atom is -0.486 e. The molecule has 0 bridgehead atoms. The standard InChI is InChI=1S/C29H27N2O.C28H34N.Ir/c1-18-17-30-26(15-25(18)21-12-10-20(11-13-21)16-29(3,4)5)24-8-6-7-22-23-14-9-19(2)31-28(23)32-27(22)24;1-20-13-14-22(15-25(20)21-11-9-8-10-12-21)26-16-23(17-27(2,3)4)24(19-29-26)18-28(5,6)7;/h6-7,9-15,17H,16H2,1-5H3;8-13,15-16,19H,17-18H2,1-7H3;/q2*-1;/i1D3,2D3,16D2;1D3,17D2,18D2;. The molecule has 1 radical (unpaired) electrons. The fourth-order valence-corrected chi connectivity index (χ4v) is 6.92. The summed E-state index contributed by atoms with van der Waals surface area (Å²) in [5.41, 5.74) is 3.51. The van der Waals surface area contributed by atoms with E-state index in [1.807, 2.05) is 51.1 Å². The van der Waals surface area contributed by atoms with Crippen molar-refractivity contribution in [3.05, 3.63) is 161 Å². The Kier molecular flexibility index (Phi) is 9.01. The van der Waals surface area contributed by atoms with Crippen LogP contribution in [0.25, 0.3) is 66.8 Å². The van der Waals surface area contributed by atoms with Gasteiger partial charge in [0.25, 0.3) is 0 Å². The van der Waals surface area contributed by atoms with Crippen molar-refractivity contribution >= 4 is 22.1 Å². The van der Waals surface area contributed by atoms with E-state index in [0.29, 0.717) is 61.1 Å². The molecular formula is C57H61IrN3O-2. The van der Waals surface area contributed by atoms with Crippen molar-refractivity contribution in [3.8, 4) is 44.8 Å². The fraction of sp³-hybridized carbons (Fsp3) is 0.316. The largest absolute Gasteiger partial charge is 0.486 e. The topological polar surface area (TPSA) is 51.8 Å². The van der Waals surface area contributed by atoms with Gasteiger partial charge in [-0.25, -0.2) is 4.98 Å². The van der Waals surface area contributed by atoms with Crippen molar-refractivity contribution in [2.45, 2.75) is 102 Å². The molecule has 321 valence electrons. The second-order valence-corrected chi connectivity index (χ2v) is 18.2. The molecule has 0 amide bonds. The molecule has 0 saturated heterocycles. The van der Waals surface area contributed by atoms with Gasteiger partial charge >= 0.3 is 0 Å². The fourth-order valence-electron chi connectivity index (χ4n) is 6.92. The number of hydrogen-bond acceptors (Lipinski definition) is 4. The summed E-state index contributed by atoms with van der Waals surface area (Å²) in [6.07, 6.45) is -2.58. The van der Waals surface area contributed by atoms with Crippen molar-refractivity contribution in [2.24, 2.45) is 16.2 Å². The van der Waals surface area contributed by atoms with Gasteiger partial charge in [-0.3, -0.25) is 0 Å². The van der Waals surface area contributed by atoms with Gasteiger partial charge in [0.05, 0.1) is 5.58 Å². The summed E-state index contributed by atoms with van der Waals surface area (Å²) in [5, 5.41) is 1.34. The van der Waals surface area contributed by atoms with Crippen molar-refractivity contribution in [3.63, 3.8) is 0 Å². The molecule has 0 aliphatic heterocycles. The maximum Gasteiger partial charge on any atom is 0.216 e. The quantitative estimate of drug-likeness (QED) is 0.149. The Balaban J connectivity index is 0.000000248. The number of nitrogens with zero attached hydrogens (tertiary/aromatic N) is 3. The zero-order valence-corrected chi connectivity index (χ0v) is 38.9. The van der Waals surface area contributed by atoms with E-state index in [-0.39, 0.29) is 53.8 Å². The molecule has 4 aromatic carbocycles. The first-order chi connectivity index (χ1) is 34.8. The number of benzene rings is 4. The summed E-state index contributed by atoms with van der Waals surface area (Å²) < 4.78 is 130. The molecule has 0 aliphatic rings. The molecule has 0 aliphatic carbocycles. The Hall–Kier alpha value is -5.22. The third-order valence-corrected chi connectivity index (χ3v) is 9.41. The van der Waals surface area contributed by atoms with Gasteiger partial charge in [-0.15, -0.1) is 47.5 Å². The molecule has 0 fully saturated rings. The van der Waals surface area contributed by atoms with Gasteiger partial charge in [0.2, 0.25) is 5.71 Å². The molecular weight excluding hydrogens is 935 g/mol. The van der Waals surface area contributed by atoms with Crippen molar-refractivity contribution in [1.82, 2.24) is 15.0 Å². The van der Waals surface area contributed by atoms with E-state index < -0.39 is 55.9 Å². The predicted molar refractivity (Wildman–Crippen MR) is 257 cm³/mol. The van der Waals surface area contributed by atoms with Crippen LogP contribution in [0.5, 0.6) is 0 Å². The molecule has 4 nitrogen and oxygen atoms in total. The van der Waals surface area contributed by atoms with Crippen LogP contribution in [-0.4, -0.2) is 15.0 Å². The van der Waals surface area contributed by atoms with Crippen LogP contribution < -0.4 is 0 Å². The maximum absolute atomic E-state index is 8.98. The summed E-state index contributed by atoms with van der Waals surface area (Å²) in [6, 6.07) is 35.2. The van der Waals surface area contributed by atoms with Crippen molar-refractivity contribution in [2.75, 3.05) is 0 Å². The van der Waals surface area contributed by atoms with Crippen molar-refractivity contribution < 1.29 is 45.1 Å². The number of furan rings is 1. The van der Waals surface area contributed by atoms with Gasteiger partial charge < -0.3 is 14.4 Å². The minimum absolute atomic E-state index is 0. The minimum atomic E-state index is -2.44. The van der Waals surface area contributed by atoms with Crippen LogP contribution in [0.15, 0.2) is 120 Å². The van der Waals surface area contributed by atoms with E-state index in [1.165, 1.54) is 24.5 Å². The van der Waals surface area contributed by atoms with Crippen LogP contribution >= 0.6 is 0 Å². The molecule has 4 heterocycles. The molecule has 0 N–H and O–H groups in total. The van der Waals surface area contributed by atoms with E-state index in [0.717, 1.165) is 5.56 Å². The Morgan fingerprint density at radius 1 is 0.613 bits per heavy atom. The van der Waals surface area contributed by atoms with Crippen LogP contribution in [-0.2, 0) is 39.2 Å². The number of aryl methyl sites for hydroxylation is 3. The third-order valence-electron chi connectivity index (χ3n) is 9.41. The molecule has 0 unspecified atom stereocenters. The van der Waals surface area contributed by atoms with Crippen LogP contribution in [0.1, 0.15) is 116 Å². The van der Waals surface area contributed by atoms with Crippen LogP contribution in [0, 0.1) is 48.9 Å². The van der Waals surface area contributed by atoms with Gasteiger partial charge in [0, 0.05) is 64.1 Å². The van der Waals surface area contributed by atoms with Crippen molar-refractivity contribution in [1.29, 1.82) is 0 Å². The number of fused-ring (bicyclic) bond motifs is 3. The Morgan fingerprint density at radius 2 is 1.27 bits per heavy atom. The average molecular weight is 1010 g/mol. The first kappa shape index (κ1) is 30.0. The van der Waals surface area contributed by atoms with Gasteiger partial charge in [0.1, 0.15) is 0 Å². The second-order valence-electron chi connectivity index (χ2n) is 18.2. The molecule has 0 saturated carbocycles. The molecule has 4 aromatic heterocycles. The summed E-state index contributed by atoms with van der Waals surface area (Å²) in [7, 11) is 0. The van der Waals surface area contributed by atoms with E-state index in [4.69, 9.17) is 25.0 Å². The van der Waals surface area contributed by atoms with Crippen LogP contribution in [0.4, 0.5) is 0 Å². The maximum atomic E-state index is 8.98. The normalized spacial score (nSPS) is 16.8. The first-order valence-electron chi connectivity index (χ1n) is 27.8. The number of aromatic nitrogens is 3. The SMILES string of the molecule is [2H]C([2H])([2H])c1c[c-]c(-c2cc(C([2H])([2H])C(C)(C)C)c(C([2H])([2H])C(C)(C)C)cn2)cc1-c1ccccc1.[2H]C([2H])([2H])c1ccc2c(n1)oc1c(-c3cc(-c4ccc(C([2H])([2H])C(C)(C)C)cc4)c(C([2H])([2H])[2H])cn3)[c-]ccc12.[Ir]. The summed E-state index contributed by atoms with van der Waals surface area (Å²) in [6.45, 7) is 9.04. The molecule has 8 rings (SSSR count). The summed E-state index contributed by atoms with van der Waals surface area (Å²) >= 11 is 0. The molecule has 5 heteroatoms. The van der Waals surface area contributed by atoms with Crippen LogP contribution in [0.3, 0.4) is 0 Å². The van der Waals surface area contributed by atoms with Gasteiger partial charge in [-0.05, 0) is 112 Å². The number of rotatable bonds is 7. The second kappa shape index (κ2) is 18.6. The molecule has 0 atom stereocenters.